The van der Waals surface area contributed by atoms with Crippen LogP contribution >= 0.6 is 0 Å². The van der Waals surface area contributed by atoms with Gasteiger partial charge in [0.25, 0.3) is 0 Å². The highest BCUT2D eigenvalue weighted by Crippen LogP contribution is 2.45. The Bertz CT molecular complexity index is 2430. The fourth-order valence-corrected chi connectivity index (χ4v) is 6.57. The molecule has 5 aromatic heterocycles. The number of aromatic nitrogens is 5. The Labute approximate surface area is 247 Å². The van der Waals surface area contributed by atoms with Crippen LogP contribution in [0.1, 0.15) is 0 Å². The highest BCUT2D eigenvalue weighted by molar-refractivity contribution is 6.25. The second-order valence-corrected chi connectivity index (χ2v) is 10.7. The molecule has 0 aliphatic heterocycles. The van der Waals surface area contributed by atoms with Crippen LogP contribution in [0, 0.1) is 0 Å². The SMILES string of the molecule is c1ccc(-n2c3ccccc3c3c2c2c(c4ccccc4n2-c2cccc(-c4ccccn4)n2)n3-c2ccccc2)cc1. The van der Waals surface area contributed by atoms with Crippen LogP contribution in [0.5, 0.6) is 0 Å². The van der Waals surface area contributed by atoms with Gasteiger partial charge in [-0.15, -0.1) is 0 Å². The van der Waals surface area contributed by atoms with Crippen molar-refractivity contribution in [3.05, 3.63) is 152 Å². The predicted molar refractivity (Wildman–Crippen MR) is 175 cm³/mol. The van der Waals surface area contributed by atoms with E-state index in [2.05, 4.69) is 140 Å². The van der Waals surface area contributed by atoms with Crippen LogP contribution in [-0.2, 0) is 0 Å². The normalized spacial score (nSPS) is 11.7. The lowest BCUT2D eigenvalue weighted by atomic mass is 10.2. The van der Waals surface area contributed by atoms with E-state index in [0.717, 1.165) is 56.2 Å². The lowest BCUT2D eigenvalue weighted by Gasteiger charge is -2.11. The van der Waals surface area contributed by atoms with Crippen LogP contribution in [0.25, 0.3) is 72.5 Å². The topological polar surface area (TPSA) is 40.6 Å². The summed E-state index contributed by atoms with van der Waals surface area (Å²) in [5.74, 6) is 0.853. The van der Waals surface area contributed by atoms with Gasteiger partial charge in [0.1, 0.15) is 5.82 Å². The van der Waals surface area contributed by atoms with Crippen molar-refractivity contribution in [3.8, 4) is 28.6 Å². The lowest BCUT2D eigenvalue weighted by molar-refractivity contribution is 1.07. The number of fused-ring (bicyclic) bond motifs is 7. The summed E-state index contributed by atoms with van der Waals surface area (Å²) in [5.41, 5.74) is 10.8. The van der Waals surface area contributed by atoms with E-state index >= 15 is 0 Å². The number of rotatable bonds is 4. The van der Waals surface area contributed by atoms with Gasteiger partial charge in [-0.2, -0.15) is 0 Å². The van der Waals surface area contributed by atoms with Gasteiger partial charge in [-0.3, -0.25) is 9.55 Å². The van der Waals surface area contributed by atoms with Crippen LogP contribution in [0.15, 0.2) is 152 Å². The van der Waals surface area contributed by atoms with Crippen molar-refractivity contribution in [2.24, 2.45) is 0 Å². The van der Waals surface area contributed by atoms with Gasteiger partial charge in [-0.25, -0.2) is 4.98 Å². The van der Waals surface area contributed by atoms with E-state index in [9.17, 15) is 0 Å². The molecule has 0 saturated heterocycles. The van der Waals surface area contributed by atoms with Gasteiger partial charge in [0, 0.05) is 28.3 Å². The molecule has 4 aromatic carbocycles. The molecule has 5 heterocycles. The largest absolute Gasteiger partial charge is 0.306 e. The first-order chi connectivity index (χ1) is 21.4. The minimum Gasteiger partial charge on any atom is -0.306 e. The number of pyridine rings is 2. The summed E-state index contributed by atoms with van der Waals surface area (Å²) in [7, 11) is 0. The van der Waals surface area contributed by atoms with Crippen LogP contribution in [-0.4, -0.2) is 23.7 Å². The molecule has 0 amide bonds. The maximum atomic E-state index is 5.21. The average molecular weight is 552 g/mol. The molecule has 0 saturated carbocycles. The standard InChI is InChI=1S/C38H25N5/c1-3-14-26(15-4-1)41-32-22-9-7-18-28(32)35-37(41)38-36(42(35)27-16-5-2-6-17-27)29-19-8-10-23-33(29)43(38)34-24-13-21-31(40-34)30-20-11-12-25-39-30/h1-25H. The minimum atomic E-state index is 0.839. The van der Waals surface area contributed by atoms with Crippen molar-refractivity contribution in [1.82, 2.24) is 23.7 Å². The van der Waals surface area contributed by atoms with Crippen molar-refractivity contribution in [1.29, 1.82) is 0 Å². The van der Waals surface area contributed by atoms with E-state index < -0.39 is 0 Å². The summed E-state index contributed by atoms with van der Waals surface area (Å²) in [6.45, 7) is 0. The number of nitrogens with zero attached hydrogens (tertiary/aromatic N) is 5. The Hall–Kier alpha value is -5.94. The quantitative estimate of drug-likeness (QED) is 0.219. The maximum Gasteiger partial charge on any atom is 0.138 e. The van der Waals surface area contributed by atoms with Crippen LogP contribution < -0.4 is 0 Å². The fraction of sp³-hybridized carbons (Fsp3) is 0. The van der Waals surface area contributed by atoms with E-state index in [4.69, 9.17) is 4.98 Å². The van der Waals surface area contributed by atoms with Gasteiger partial charge in [0.05, 0.1) is 44.5 Å². The Morgan fingerprint density at radius 3 is 1.56 bits per heavy atom. The Kier molecular flexibility index (Phi) is 5.13. The molecule has 0 aliphatic carbocycles. The van der Waals surface area contributed by atoms with E-state index in [1.54, 1.807) is 0 Å². The molecular formula is C38H25N5. The van der Waals surface area contributed by atoms with Gasteiger partial charge in [0.15, 0.2) is 0 Å². The smallest absolute Gasteiger partial charge is 0.138 e. The third-order valence-corrected chi connectivity index (χ3v) is 8.29. The van der Waals surface area contributed by atoms with Crippen LogP contribution in [0.4, 0.5) is 0 Å². The summed E-state index contributed by atoms with van der Waals surface area (Å²) >= 11 is 0. The molecule has 0 radical (unpaired) electrons. The first kappa shape index (κ1) is 23.7. The highest BCUT2D eigenvalue weighted by atomic mass is 15.2. The highest BCUT2D eigenvalue weighted by Gasteiger charge is 2.28. The van der Waals surface area contributed by atoms with Gasteiger partial charge in [0.2, 0.25) is 0 Å². The molecular weight excluding hydrogens is 526 g/mol. The molecule has 5 nitrogen and oxygen atoms in total. The van der Waals surface area contributed by atoms with E-state index in [-0.39, 0.29) is 0 Å². The zero-order chi connectivity index (χ0) is 28.3. The zero-order valence-electron chi connectivity index (χ0n) is 23.2. The number of hydrogen-bond acceptors (Lipinski definition) is 2. The molecule has 0 spiro atoms. The van der Waals surface area contributed by atoms with E-state index in [1.807, 2.05) is 30.5 Å². The van der Waals surface area contributed by atoms with Gasteiger partial charge >= 0.3 is 0 Å². The molecule has 0 bridgehead atoms. The summed E-state index contributed by atoms with van der Waals surface area (Å²) in [4.78, 5) is 9.81. The Morgan fingerprint density at radius 1 is 0.372 bits per heavy atom. The fourth-order valence-electron chi connectivity index (χ4n) is 6.57. The zero-order valence-corrected chi connectivity index (χ0v) is 23.2. The molecule has 9 aromatic rings. The molecule has 0 fully saturated rings. The van der Waals surface area contributed by atoms with E-state index in [1.165, 1.54) is 16.3 Å². The van der Waals surface area contributed by atoms with Gasteiger partial charge < -0.3 is 9.13 Å². The molecule has 5 heteroatoms. The second kappa shape index (κ2) is 9.29. The average Bonchev–Trinajstić information content (AvgIpc) is 3.71. The Morgan fingerprint density at radius 2 is 0.907 bits per heavy atom. The lowest BCUT2D eigenvalue weighted by Crippen LogP contribution is -2.00. The van der Waals surface area contributed by atoms with Gasteiger partial charge in [-0.05, 0) is 60.7 Å². The number of benzene rings is 4. The Balaban J connectivity index is 1.53. The molecule has 0 atom stereocenters. The molecule has 0 N–H and O–H groups in total. The van der Waals surface area contributed by atoms with Crippen molar-refractivity contribution >= 4 is 43.9 Å². The maximum absolute atomic E-state index is 5.21. The van der Waals surface area contributed by atoms with E-state index in [0.29, 0.717) is 0 Å². The molecule has 9 rings (SSSR count). The third-order valence-electron chi connectivity index (χ3n) is 8.29. The molecule has 43 heavy (non-hydrogen) atoms. The summed E-state index contributed by atoms with van der Waals surface area (Å²) in [6, 6.07) is 50.8. The number of hydrogen-bond donors (Lipinski definition) is 0. The first-order valence-corrected chi connectivity index (χ1v) is 14.5. The monoisotopic (exact) mass is 551 g/mol. The van der Waals surface area contributed by atoms with Crippen molar-refractivity contribution < 1.29 is 0 Å². The third kappa shape index (κ3) is 3.45. The number of para-hydroxylation sites is 4. The van der Waals surface area contributed by atoms with Crippen molar-refractivity contribution in [3.63, 3.8) is 0 Å². The summed E-state index contributed by atoms with van der Waals surface area (Å²) < 4.78 is 7.18. The molecule has 0 unspecified atom stereocenters. The molecule has 0 aliphatic rings. The van der Waals surface area contributed by atoms with Crippen molar-refractivity contribution in [2.45, 2.75) is 0 Å². The summed E-state index contributed by atoms with van der Waals surface area (Å²) in [6.07, 6.45) is 1.81. The predicted octanol–water partition coefficient (Wildman–Crippen LogP) is 9.13. The van der Waals surface area contributed by atoms with Crippen LogP contribution in [0.3, 0.4) is 0 Å². The minimum absolute atomic E-state index is 0.839. The summed E-state index contributed by atoms with van der Waals surface area (Å²) in [5, 5.41) is 2.37. The van der Waals surface area contributed by atoms with Crippen LogP contribution in [0.2, 0.25) is 0 Å². The van der Waals surface area contributed by atoms with Gasteiger partial charge in [-0.1, -0.05) is 84.9 Å². The molecule has 202 valence electrons. The second-order valence-electron chi connectivity index (χ2n) is 10.7. The van der Waals surface area contributed by atoms with Crippen molar-refractivity contribution in [2.75, 3.05) is 0 Å². The first-order valence-electron chi connectivity index (χ1n) is 14.5.